The summed E-state index contributed by atoms with van der Waals surface area (Å²) in [6, 6.07) is 9.13. The van der Waals surface area contributed by atoms with E-state index in [0.717, 1.165) is 12.0 Å². The number of benzene rings is 1. The Kier molecular flexibility index (Phi) is 3.89. The molecule has 5 atom stereocenters. The van der Waals surface area contributed by atoms with Crippen molar-refractivity contribution in [2.24, 2.45) is 23.7 Å². The highest BCUT2D eigenvalue weighted by Gasteiger charge is 2.60. The third kappa shape index (κ3) is 2.58. The summed E-state index contributed by atoms with van der Waals surface area (Å²) in [5.74, 6) is -0.634. The van der Waals surface area contributed by atoms with Crippen molar-refractivity contribution in [2.75, 3.05) is 0 Å². The molecule has 3 aliphatic rings. The van der Waals surface area contributed by atoms with Crippen molar-refractivity contribution < 1.29 is 14.4 Å². The Bertz CT molecular complexity index is 923. The van der Waals surface area contributed by atoms with Gasteiger partial charge in [0.25, 0.3) is 0 Å². The third-order valence-corrected chi connectivity index (χ3v) is 6.12. The van der Waals surface area contributed by atoms with Crippen molar-refractivity contribution in [3.05, 3.63) is 66.8 Å². The molecule has 1 saturated carbocycles. The molecule has 5 rings (SSSR count). The van der Waals surface area contributed by atoms with Crippen LogP contribution in [-0.2, 0) is 16.0 Å². The fraction of sp³-hybridized carbons (Fsp3) is 0.333. The summed E-state index contributed by atoms with van der Waals surface area (Å²) in [6.45, 7) is 0. The van der Waals surface area contributed by atoms with Gasteiger partial charge >= 0.3 is 6.03 Å². The summed E-state index contributed by atoms with van der Waals surface area (Å²) in [7, 11) is 0. The van der Waals surface area contributed by atoms with Crippen LogP contribution in [0.5, 0.6) is 0 Å². The Labute approximate surface area is 162 Å². The molecule has 1 saturated heterocycles. The van der Waals surface area contributed by atoms with E-state index in [1.54, 1.807) is 0 Å². The number of aromatic nitrogens is 2. The molecule has 2 fully saturated rings. The van der Waals surface area contributed by atoms with Crippen LogP contribution < -0.4 is 5.32 Å². The highest BCUT2D eigenvalue weighted by atomic mass is 16.2. The number of likely N-dealkylation sites (tertiary alicyclic amines) is 1. The zero-order chi connectivity index (χ0) is 19.3. The van der Waals surface area contributed by atoms with Gasteiger partial charge in [-0.15, -0.1) is 0 Å². The van der Waals surface area contributed by atoms with E-state index in [1.165, 1.54) is 28.2 Å². The van der Waals surface area contributed by atoms with Crippen LogP contribution in [0.4, 0.5) is 4.79 Å². The number of rotatable bonds is 4. The maximum Gasteiger partial charge on any atom is 0.328 e. The van der Waals surface area contributed by atoms with Crippen LogP contribution in [0.1, 0.15) is 12.0 Å². The Morgan fingerprint density at radius 1 is 1.11 bits per heavy atom. The molecule has 5 unspecified atom stereocenters. The van der Waals surface area contributed by atoms with Crippen LogP contribution in [0.25, 0.3) is 0 Å². The van der Waals surface area contributed by atoms with Gasteiger partial charge in [-0.1, -0.05) is 42.5 Å². The van der Waals surface area contributed by atoms with Gasteiger partial charge in [0, 0.05) is 18.8 Å². The first-order chi connectivity index (χ1) is 13.6. The van der Waals surface area contributed by atoms with Gasteiger partial charge in [-0.2, -0.15) is 0 Å². The fourth-order valence-corrected chi connectivity index (χ4v) is 4.87. The lowest BCUT2D eigenvalue weighted by molar-refractivity contribution is -0.143. The zero-order valence-corrected chi connectivity index (χ0v) is 15.1. The minimum Gasteiger partial charge on any atom is -0.316 e. The number of hydrogen-bond acceptors (Lipinski definition) is 4. The average molecular weight is 376 g/mol. The Morgan fingerprint density at radius 2 is 1.79 bits per heavy atom. The van der Waals surface area contributed by atoms with Crippen LogP contribution in [0.3, 0.4) is 0 Å². The van der Waals surface area contributed by atoms with Crippen molar-refractivity contribution in [3.8, 4) is 0 Å². The fourth-order valence-electron chi connectivity index (χ4n) is 4.87. The van der Waals surface area contributed by atoms with E-state index >= 15 is 0 Å². The molecule has 2 heterocycles. The molecule has 2 bridgehead atoms. The lowest BCUT2D eigenvalue weighted by Crippen LogP contribution is -2.53. The second-order valence-electron chi connectivity index (χ2n) is 7.67. The molecule has 1 aliphatic heterocycles. The predicted octanol–water partition coefficient (Wildman–Crippen LogP) is 1.82. The molecular formula is C21H20N4O3. The summed E-state index contributed by atoms with van der Waals surface area (Å²) in [5.41, 5.74) is 0.942. The Morgan fingerprint density at radius 3 is 2.39 bits per heavy atom. The van der Waals surface area contributed by atoms with E-state index < -0.39 is 12.2 Å². The highest BCUT2D eigenvalue weighted by Crippen LogP contribution is 2.52. The van der Waals surface area contributed by atoms with Gasteiger partial charge in [0.05, 0.1) is 11.8 Å². The molecule has 2 aromatic rings. The van der Waals surface area contributed by atoms with Gasteiger partial charge in [0.1, 0.15) is 12.5 Å². The molecule has 0 radical (unpaired) electrons. The molecule has 142 valence electrons. The van der Waals surface area contributed by atoms with Gasteiger partial charge < -0.3 is 5.32 Å². The quantitative estimate of drug-likeness (QED) is 0.652. The molecule has 2 aliphatic carbocycles. The number of hydrogen-bond donors (Lipinski definition) is 1. The number of imide groups is 1. The Hall–Kier alpha value is -3.22. The van der Waals surface area contributed by atoms with Gasteiger partial charge in [-0.05, 0) is 23.8 Å². The molecule has 7 nitrogen and oxygen atoms in total. The molecule has 1 aromatic heterocycles. The predicted molar refractivity (Wildman–Crippen MR) is 99.7 cm³/mol. The number of fused-ring (bicyclic) bond motifs is 5. The SMILES string of the molecule is O=C1C2C3C=CC(C3)C2C(=O)N1C(Cc1ccccc1)NC(=O)n1ccnc1. The van der Waals surface area contributed by atoms with Crippen LogP contribution in [0, 0.1) is 23.7 Å². The first-order valence-corrected chi connectivity index (χ1v) is 9.51. The summed E-state index contributed by atoms with van der Waals surface area (Å²) >= 11 is 0. The lowest BCUT2D eigenvalue weighted by atomic mass is 9.85. The minimum atomic E-state index is -0.734. The molecule has 3 amide bonds. The summed E-state index contributed by atoms with van der Waals surface area (Å²) < 4.78 is 1.30. The number of nitrogens with zero attached hydrogens (tertiary/aromatic N) is 3. The van der Waals surface area contributed by atoms with E-state index in [1.807, 2.05) is 30.3 Å². The third-order valence-electron chi connectivity index (χ3n) is 6.12. The number of allylic oxidation sites excluding steroid dienone is 2. The highest BCUT2D eigenvalue weighted by molar-refractivity contribution is 6.07. The van der Waals surface area contributed by atoms with E-state index in [2.05, 4.69) is 22.5 Å². The molecule has 7 heteroatoms. The molecule has 0 spiro atoms. The van der Waals surface area contributed by atoms with Crippen molar-refractivity contribution in [1.82, 2.24) is 19.8 Å². The number of carbonyl (C=O) groups is 3. The van der Waals surface area contributed by atoms with Crippen molar-refractivity contribution in [3.63, 3.8) is 0 Å². The van der Waals surface area contributed by atoms with Gasteiger partial charge in [-0.3, -0.25) is 19.1 Å². The average Bonchev–Trinajstić information content (AvgIpc) is 3.47. The second kappa shape index (κ2) is 6.44. The molecule has 28 heavy (non-hydrogen) atoms. The van der Waals surface area contributed by atoms with Gasteiger partial charge in [-0.25, -0.2) is 9.78 Å². The number of nitrogens with one attached hydrogen (secondary N) is 1. The smallest absolute Gasteiger partial charge is 0.316 e. The summed E-state index contributed by atoms with van der Waals surface area (Å²) in [5, 5.41) is 2.86. The maximum absolute atomic E-state index is 13.2. The van der Waals surface area contributed by atoms with Crippen LogP contribution in [0.15, 0.2) is 61.2 Å². The zero-order valence-electron chi connectivity index (χ0n) is 15.1. The molecular weight excluding hydrogens is 356 g/mol. The topological polar surface area (TPSA) is 84.3 Å². The van der Waals surface area contributed by atoms with Crippen molar-refractivity contribution in [1.29, 1.82) is 0 Å². The lowest BCUT2D eigenvalue weighted by Gasteiger charge is -2.28. The largest absolute Gasteiger partial charge is 0.328 e. The van der Waals surface area contributed by atoms with Crippen LogP contribution >= 0.6 is 0 Å². The van der Waals surface area contributed by atoms with Gasteiger partial charge in [0.2, 0.25) is 11.8 Å². The van der Waals surface area contributed by atoms with E-state index in [0.29, 0.717) is 6.42 Å². The summed E-state index contributed by atoms with van der Waals surface area (Å²) in [6.07, 6.45) is 9.07. The van der Waals surface area contributed by atoms with Crippen molar-refractivity contribution >= 4 is 17.8 Å². The number of amides is 3. The normalized spacial score (nSPS) is 28.6. The maximum atomic E-state index is 13.2. The standard InChI is InChI=1S/C21H20N4O3/c26-19-17-14-6-7-15(11-14)18(17)20(27)25(19)16(10-13-4-2-1-3-5-13)23-21(28)24-9-8-22-12-24/h1-9,12,14-18H,10-11H2,(H,23,28). The van der Waals surface area contributed by atoms with Crippen LogP contribution in [-0.4, -0.2) is 38.5 Å². The van der Waals surface area contributed by atoms with E-state index in [-0.39, 0.29) is 35.5 Å². The van der Waals surface area contributed by atoms with Gasteiger partial charge in [0.15, 0.2) is 0 Å². The number of carbonyl (C=O) groups excluding carboxylic acids is 3. The molecule has 1 N–H and O–H groups in total. The Balaban J connectivity index is 1.45. The van der Waals surface area contributed by atoms with E-state index in [9.17, 15) is 14.4 Å². The summed E-state index contributed by atoms with van der Waals surface area (Å²) in [4.78, 5) is 44.2. The first-order valence-electron chi connectivity index (χ1n) is 9.51. The van der Waals surface area contributed by atoms with Crippen LogP contribution in [0.2, 0.25) is 0 Å². The van der Waals surface area contributed by atoms with E-state index in [4.69, 9.17) is 0 Å². The minimum absolute atomic E-state index is 0.137. The first kappa shape index (κ1) is 16.9. The second-order valence-corrected chi connectivity index (χ2v) is 7.67. The number of imidazole rings is 1. The molecule has 1 aromatic carbocycles. The monoisotopic (exact) mass is 376 g/mol. The van der Waals surface area contributed by atoms with Crippen molar-refractivity contribution in [2.45, 2.75) is 19.0 Å².